The molecule has 0 N–H and O–H groups in total. The molecule has 0 heterocycles. The summed E-state index contributed by atoms with van der Waals surface area (Å²) in [7, 11) is 1.25. The number of methoxy groups -OCH3 is 1. The van der Waals surface area contributed by atoms with E-state index in [1.54, 1.807) is 19.1 Å². The first kappa shape index (κ1) is 14.4. The zero-order valence-corrected chi connectivity index (χ0v) is 10.6. The van der Waals surface area contributed by atoms with E-state index in [-0.39, 0.29) is 23.5 Å². The molecule has 0 spiro atoms. The van der Waals surface area contributed by atoms with Crippen molar-refractivity contribution in [1.82, 2.24) is 0 Å². The van der Waals surface area contributed by atoms with Crippen molar-refractivity contribution in [2.75, 3.05) is 25.1 Å². The van der Waals surface area contributed by atoms with E-state index in [9.17, 15) is 14.9 Å². The first-order chi connectivity index (χ1) is 9.04. The minimum absolute atomic E-state index is 0.0363. The third-order valence-corrected chi connectivity index (χ3v) is 2.59. The number of hydrogen-bond donors (Lipinski definition) is 0. The number of carbonyl (C=O) groups is 1. The van der Waals surface area contributed by atoms with Crippen molar-refractivity contribution in [3.05, 3.63) is 33.9 Å². The summed E-state index contributed by atoms with van der Waals surface area (Å²) in [6, 6.07) is 6.20. The molecular formula is C12H13N3O4. The molecule has 0 amide bonds. The lowest BCUT2D eigenvalue weighted by atomic mass is 10.1. The maximum atomic E-state index is 11.3. The van der Waals surface area contributed by atoms with Crippen LogP contribution in [0.3, 0.4) is 0 Å². The number of likely N-dealkylation sites (N-methyl/N-ethyl adjacent to an activating group) is 1. The maximum Gasteiger partial charge on any atom is 0.325 e. The molecule has 0 radical (unpaired) electrons. The number of anilines is 1. The lowest BCUT2D eigenvalue weighted by molar-refractivity contribution is -0.384. The van der Waals surface area contributed by atoms with Gasteiger partial charge in [0.05, 0.1) is 12.0 Å². The fourth-order valence-corrected chi connectivity index (χ4v) is 1.66. The predicted octanol–water partition coefficient (Wildman–Crippen LogP) is 1.47. The fraction of sp³-hybridized carbons (Fsp3) is 0.333. The van der Waals surface area contributed by atoms with Gasteiger partial charge in [-0.15, -0.1) is 0 Å². The normalized spacial score (nSPS) is 9.53. The van der Waals surface area contributed by atoms with Gasteiger partial charge in [-0.3, -0.25) is 14.9 Å². The van der Waals surface area contributed by atoms with Crippen molar-refractivity contribution >= 4 is 17.3 Å². The van der Waals surface area contributed by atoms with Gasteiger partial charge in [-0.05, 0) is 19.1 Å². The molecule has 0 unspecified atom stereocenters. The molecule has 7 heteroatoms. The van der Waals surface area contributed by atoms with Crippen molar-refractivity contribution in [2.45, 2.75) is 6.92 Å². The van der Waals surface area contributed by atoms with Crippen LogP contribution >= 0.6 is 0 Å². The number of nitrogens with zero attached hydrogens (tertiary/aromatic N) is 3. The fourth-order valence-electron chi connectivity index (χ4n) is 1.66. The Bertz CT molecular complexity index is 536. The summed E-state index contributed by atoms with van der Waals surface area (Å²) in [6.07, 6.45) is 0. The highest BCUT2D eigenvalue weighted by Gasteiger charge is 2.24. The molecule has 7 nitrogen and oxygen atoms in total. The Balaban J connectivity index is 3.28. The first-order valence-corrected chi connectivity index (χ1v) is 5.54. The molecule has 0 fully saturated rings. The van der Waals surface area contributed by atoms with E-state index < -0.39 is 10.9 Å². The molecule has 0 saturated carbocycles. The number of esters is 1. The molecule has 1 aromatic rings. The van der Waals surface area contributed by atoms with Crippen LogP contribution in [-0.4, -0.2) is 31.1 Å². The zero-order valence-electron chi connectivity index (χ0n) is 10.6. The van der Waals surface area contributed by atoms with Crippen molar-refractivity contribution in [2.24, 2.45) is 0 Å². The molecular weight excluding hydrogens is 250 g/mol. The van der Waals surface area contributed by atoms with Gasteiger partial charge >= 0.3 is 11.7 Å². The standard InChI is InChI=1S/C12H13N3O4/c1-3-14(8-11(16)19-2)10-6-4-5-9(7-13)12(10)15(17)18/h4-6H,3,8H2,1-2H3. The minimum Gasteiger partial charge on any atom is -0.468 e. The largest absolute Gasteiger partial charge is 0.468 e. The second kappa shape index (κ2) is 6.35. The Kier molecular flexibility index (Phi) is 4.83. The summed E-state index contributed by atoms with van der Waals surface area (Å²) in [5.74, 6) is -0.501. The highest BCUT2D eigenvalue weighted by molar-refractivity contribution is 5.79. The zero-order chi connectivity index (χ0) is 14.4. The SMILES string of the molecule is CCN(CC(=O)OC)c1cccc(C#N)c1[N+](=O)[O-]. The summed E-state index contributed by atoms with van der Waals surface area (Å²) in [5.41, 5.74) is -0.0986. The van der Waals surface area contributed by atoms with Gasteiger partial charge in [0.2, 0.25) is 0 Å². The Morgan fingerprint density at radius 2 is 2.26 bits per heavy atom. The van der Waals surface area contributed by atoms with E-state index in [0.29, 0.717) is 6.54 Å². The number of nitro groups is 1. The lowest BCUT2D eigenvalue weighted by Gasteiger charge is -2.21. The highest BCUT2D eigenvalue weighted by atomic mass is 16.6. The summed E-state index contributed by atoms with van der Waals surface area (Å²) < 4.78 is 4.55. The second-order valence-electron chi connectivity index (χ2n) is 3.63. The van der Waals surface area contributed by atoms with E-state index in [2.05, 4.69) is 4.74 Å². The average Bonchev–Trinajstić information content (AvgIpc) is 2.43. The van der Waals surface area contributed by atoms with Gasteiger partial charge in [0.1, 0.15) is 23.9 Å². The van der Waals surface area contributed by atoms with Crippen LogP contribution in [0.1, 0.15) is 12.5 Å². The van der Waals surface area contributed by atoms with Crippen LogP contribution in [-0.2, 0) is 9.53 Å². The summed E-state index contributed by atoms with van der Waals surface area (Å²) in [5, 5.41) is 20.0. The Hall–Kier alpha value is -2.62. The van der Waals surface area contributed by atoms with Gasteiger partial charge in [0.15, 0.2) is 0 Å². The smallest absolute Gasteiger partial charge is 0.325 e. The van der Waals surface area contributed by atoms with Crippen molar-refractivity contribution in [3.63, 3.8) is 0 Å². The van der Waals surface area contributed by atoms with E-state index in [4.69, 9.17) is 5.26 Å². The van der Waals surface area contributed by atoms with E-state index >= 15 is 0 Å². The summed E-state index contributed by atoms with van der Waals surface area (Å²) in [4.78, 5) is 23.3. The molecule has 0 atom stereocenters. The Morgan fingerprint density at radius 1 is 1.58 bits per heavy atom. The number of hydrogen-bond acceptors (Lipinski definition) is 6. The van der Waals surface area contributed by atoms with Gasteiger partial charge in [-0.25, -0.2) is 0 Å². The number of nitriles is 1. The van der Waals surface area contributed by atoms with Crippen LogP contribution < -0.4 is 4.90 Å². The monoisotopic (exact) mass is 263 g/mol. The molecule has 0 aliphatic rings. The molecule has 1 aromatic carbocycles. The predicted molar refractivity (Wildman–Crippen MR) is 67.7 cm³/mol. The van der Waals surface area contributed by atoms with Crippen LogP contribution in [0.2, 0.25) is 0 Å². The van der Waals surface area contributed by atoms with Crippen molar-refractivity contribution in [3.8, 4) is 6.07 Å². The topological polar surface area (TPSA) is 96.5 Å². The molecule has 0 aromatic heterocycles. The van der Waals surface area contributed by atoms with Crippen LogP contribution in [0.25, 0.3) is 0 Å². The van der Waals surface area contributed by atoms with Crippen LogP contribution in [0, 0.1) is 21.4 Å². The van der Waals surface area contributed by atoms with Crippen LogP contribution in [0.15, 0.2) is 18.2 Å². The van der Waals surface area contributed by atoms with Gasteiger partial charge < -0.3 is 9.64 Å². The Labute approximate surface area is 110 Å². The van der Waals surface area contributed by atoms with E-state index in [1.807, 2.05) is 0 Å². The van der Waals surface area contributed by atoms with E-state index in [1.165, 1.54) is 24.1 Å². The molecule has 0 bridgehead atoms. The quantitative estimate of drug-likeness (QED) is 0.453. The third-order valence-electron chi connectivity index (χ3n) is 2.59. The molecule has 0 aliphatic carbocycles. The lowest BCUT2D eigenvalue weighted by Crippen LogP contribution is -2.30. The van der Waals surface area contributed by atoms with Crippen molar-refractivity contribution < 1.29 is 14.5 Å². The maximum absolute atomic E-state index is 11.3. The van der Waals surface area contributed by atoms with Gasteiger partial charge in [-0.2, -0.15) is 5.26 Å². The molecule has 0 aliphatic heterocycles. The average molecular weight is 263 g/mol. The molecule has 1 rings (SSSR count). The highest BCUT2D eigenvalue weighted by Crippen LogP contribution is 2.31. The Morgan fingerprint density at radius 3 is 2.74 bits per heavy atom. The van der Waals surface area contributed by atoms with Gasteiger partial charge in [-0.1, -0.05) is 6.07 Å². The number of benzene rings is 1. The van der Waals surface area contributed by atoms with Crippen molar-refractivity contribution in [1.29, 1.82) is 5.26 Å². The number of nitro benzene ring substituents is 1. The first-order valence-electron chi connectivity index (χ1n) is 5.54. The van der Waals surface area contributed by atoms with Crippen LogP contribution in [0.5, 0.6) is 0 Å². The summed E-state index contributed by atoms with van der Waals surface area (Å²) in [6.45, 7) is 2.03. The van der Waals surface area contributed by atoms with Crippen LogP contribution in [0.4, 0.5) is 11.4 Å². The number of para-hydroxylation sites is 1. The third kappa shape index (κ3) is 3.19. The minimum atomic E-state index is -0.617. The number of carbonyl (C=O) groups excluding carboxylic acids is 1. The molecule has 0 saturated heterocycles. The molecule has 100 valence electrons. The number of rotatable bonds is 5. The van der Waals surface area contributed by atoms with E-state index in [0.717, 1.165) is 0 Å². The second-order valence-corrected chi connectivity index (χ2v) is 3.63. The molecule has 19 heavy (non-hydrogen) atoms. The van der Waals surface area contributed by atoms with Gasteiger partial charge in [0.25, 0.3) is 0 Å². The summed E-state index contributed by atoms with van der Waals surface area (Å²) >= 11 is 0. The number of ether oxygens (including phenoxy) is 1. The van der Waals surface area contributed by atoms with Gasteiger partial charge in [0, 0.05) is 6.54 Å².